The number of fused-ring (bicyclic) bond motifs is 1. The molecule has 19 heavy (non-hydrogen) atoms. The molecule has 0 radical (unpaired) electrons. The van der Waals surface area contributed by atoms with Crippen LogP contribution in [0.25, 0.3) is 5.65 Å². The molecule has 0 aliphatic heterocycles. The Morgan fingerprint density at radius 3 is 2.79 bits per heavy atom. The molecule has 0 fully saturated rings. The minimum atomic E-state index is 0.571. The molecular formula is C15H24N4. The predicted molar refractivity (Wildman–Crippen MR) is 78.2 cm³/mol. The van der Waals surface area contributed by atoms with E-state index in [0.717, 1.165) is 30.4 Å². The van der Waals surface area contributed by atoms with Gasteiger partial charge in [-0.15, -0.1) is 10.2 Å². The highest BCUT2D eigenvalue weighted by atomic mass is 15.2. The highest BCUT2D eigenvalue weighted by molar-refractivity contribution is 5.36. The summed E-state index contributed by atoms with van der Waals surface area (Å²) in [6.45, 7) is 7.75. The van der Waals surface area contributed by atoms with Gasteiger partial charge in [-0.05, 0) is 37.8 Å². The van der Waals surface area contributed by atoms with E-state index < -0.39 is 0 Å². The molecule has 0 saturated carbocycles. The molecule has 2 aromatic rings. The molecule has 0 saturated heterocycles. The van der Waals surface area contributed by atoms with E-state index in [1.54, 1.807) is 0 Å². The van der Waals surface area contributed by atoms with E-state index in [9.17, 15) is 0 Å². The molecule has 104 valence electrons. The summed E-state index contributed by atoms with van der Waals surface area (Å²) in [5.41, 5.74) is 0.922. The van der Waals surface area contributed by atoms with Gasteiger partial charge in [-0.3, -0.25) is 4.40 Å². The van der Waals surface area contributed by atoms with E-state index in [1.807, 2.05) is 24.4 Å². The van der Waals surface area contributed by atoms with Crippen molar-refractivity contribution in [3.63, 3.8) is 0 Å². The second kappa shape index (κ2) is 6.66. The number of nitrogens with zero attached hydrogens (tertiary/aromatic N) is 3. The average molecular weight is 260 g/mol. The maximum atomic E-state index is 4.24. The van der Waals surface area contributed by atoms with Gasteiger partial charge < -0.3 is 5.32 Å². The Morgan fingerprint density at radius 2 is 2.00 bits per heavy atom. The van der Waals surface area contributed by atoms with Crippen LogP contribution < -0.4 is 5.32 Å². The molecule has 2 rings (SSSR count). The molecule has 0 spiro atoms. The van der Waals surface area contributed by atoms with Gasteiger partial charge in [0.05, 0.1) is 0 Å². The zero-order valence-electron chi connectivity index (χ0n) is 12.1. The quantitative estimate of drug-likeness (QED) is 0.832. The van der Waals surface area contributed by atoms with Crippen LogP contribution >= 0.6 is 0 Å². The van der Waals surface area contributed by atoms with E-state index >= 15 is 0 Å². The van der Waals surface area contributed by atoms with Crippen LogP contribution in [0.4, 0.5) is 0 Å². The maximum absolute atomic E-state index is 4.24. The van der Waals surface area contributed by atoms with Gasteiger partial charge >= 0.3 is 0 Å². The predicted octanol–water partition coefficient (Wildman–Crippen LogP) is 2.69. The lowest BCUT2D eigenvalue weighted by Crippen LogP contribution is -2.28. The fraction of sp³-hybridized carbons (Fsp3) is 0.600. The largest absolute Gasteiger partial charge is 0.314 e. The summed E-state index contributed by atoms with van der Waals surface area (Å²) in [4.78, 5) is 0. The van der Waals surface area contributed by atoms with Crippen molar-refractivity contribution in [1.82, 2.24) is 19.9 Å². The molecule has 2 heterocycles. The number of nitrogens with one attached hydrogen (secondary N) is 1. The number of aromatic nitrogens is 3. The van der Waals surface area contributed by atoms with E-state index in [0.29, 0.717) is 6.04 Å². The first kappa shape index (κ1) is 14.0. The molecule has 4 nitrogen and oxygen atoms in total. The van der Waals surface area contributed by atoms with Crippen LogP contribution in [0.15, 0.2) is 24.4 Å². The Kier molecular flexibility index (Phi) is 4.91. The van der Waals surface area contributed by atoms with Crippen molar-refractivity contribution < 1.29 is 0 Å². The second-order valence-corrected chi connectivity index (χ2v) is 5.62. The van der Waals surface area contributed by atoms with Crippen molar-refractivity contribution in [2.75, 3.05) is 6.54 Å². The van der Waals surface area contributed by atoms with Gasteiger partial charge in [-0.2, -0.15) is 0 Å². The molecular weight excluding hydrogens is 236 g/mol. The Balaban J connectivity index is 1.79. The molecule has 1 N–H and O–H groups in total. The van der Waals surface area contributed by atoms with Crippen molar-refractivity contribution in [1.29, 1.82) is 0 Å². The summed E-state index contributed by atoms with van der Waals surface area (Å²) in [5.74, 6) is 1.81. The van der Waals surface area contributed by atoms with Crippen LogP contribution in [-0.2, 0) is 6.42 Å². The normalized spacial score (nSPS) is 13.3. The maximum Gasteiger partial charge on any atom is 0.160 e. The lowest BCUT2D eigenvalue weighted by molar-refractivity contribution is 0.452. The zero-order valence-corrected chi connectivity index (χ0v) is 12.1. The van der Waals surface area contributed by atoms with Crippen molar-refractivity contribution >= 4 is 5.65 Å². The minimum Gasteiger partial charge on any atom is -0.314 e. The SMILES string of the molecule is CC(C)CCC(C)NCCc1nnc2ccccn12. The summed E-state index contributed by atoms with van der Waals surface area (Å²) in [7, 11) is 0. The number of rotatable bonds is 7. The van der Waals surface area contributed by atoms with Gasteiger partial charge in [0.1, 0.15) is 5.82 Å². The van der Waals surface area contributed by atoms with Gasteiger partial charge in [0.2, 0.25) is 0 Å². The first-order chi connectivity index (χ1) is 9.16. The molecule has 0 amide bonds. The molecule has 0 aromatic carbocycles. The summed E-state index contributed by atoms with van der Waals surface area (Å²) in [6, 6.07) is 6.55. The Bertz CT molecular complexity index is 504. The highest BCUT2D eigenvalue weighted by Gasteiger charge is 2.06. The lowest BCUT2D eigenvalue weighted by Gasteiger charge is -2.14. The fourth-order valence-electron chi connectivity index (χ4n) is 2.18. The topological polar surface area (TPSA) is 42.2 Å². The Labute approximate surface area is 115 Å². The van der Waals surface area contributed by atoms with Crippen molar-refractivity contribution in [3.8, 4) is 0 Å². The van der Waals surface area contributed by atoms with Gasteiger partial charge in [0.15, 0.2) is 5.65 Å². The molecule has 0 aliphatic carbocycles. The van der Waals surface area contributed by atoms with Crippen LogP contribution in [0.2, 0.25) is 0 Å². The molecule has 0 bridgehead atoms. The smallest absolute Gasteiger partial charge is 0.160 e. The Morgan fingerprint density at radius 1 is 1.16 bits per heavy atom. The summed E-state index contributed by atoms with van der Waals surface area (Å²) in [5, 5.41) is 12.0. The summed E-state index contributed by atoms with van der Waals surface area (Å²) in [6.07, 6.45) is 5.45. The first-order valence-corrected chi connectivity index (χ1v) is 7.19. The average Bonchev–Trinajstić information content (AvgIpc) is 2.80. The van der Waals surface area contributed by atoms with Crippen LogP contribution in [0.5, 0.6) is 0 Å². The van der Waals surface area contributed by atoms with Crippen molar-refractivity contribution in [3.05, 3.63) is 30.2 Å². The third-order valence-corrected chi connectivity index (χ3v) is 3.40. The van der Waals surface area contributed by atoms with Gasteiger partial charge in [-0.25, -0.2) is 0 Å². The van der Waals surface area contributed by atoms with Crippen LogP contribution in [0, 0.1) is 5.92 Å². The van der Waals surface area contributed by atoms with Crippen LogP contribution in [-0.4, -0.2) is 27.2 Å². The zero-order chi connectivity index (χ0) is 13.7. The minimum absolute atomic E-state index is 0.571. The van der Waals surface area contributed by atoms with Gasteiger partial charge in [0, 0.05) is 25.2 Å². The van der Waals surface area contributed by atoms with Gasteiger partial charge in [0.25, 0.3) is 0 Å². The monoisotopic (exact) mass is 260 g/mol. The van der Waals surface area contributed by atoms with Crippen molar-refractivity contribution in [2.45, 2.75) is 46.1 Å². The molecule has 2 aromatic heterocycles. The van der Waals surface area contributed by atoms with Gasteiger partial charge in [-0.1, -0.05) is 19.9 Å². The van der Waals surface area contributed by atoms with E-state index in [2.05, 4.69) is 40.7 Å². The van der Waals surface area contributed by atoms with E-state index in [1.165, 1.54) is 12.8 Å². The van der Waals surface area contributed by atoms with E-state index in [-0.39, 0.29) is 0 Å². The van der Waals surface area contributed by atoms with E-state index in [4.69, 9.17) is 0 Å². The van der Waals surface area contributed by atoms with Crippen LogP contribution in [0.1, 0.15) is 39.4 Å². The molecule has 4 heteroatoms. The van der Waals surface area contributed by atoms with Crippen LogP contribution in [0.3, 0.4) is 0 Å². The third-order valence-electron chi connectivity index (χ3n) is 3.40. The number of pyridine rings is 1. The highest BCUT2D eigenvalue weighted by Crippen LogP contribution is 2.07. The second-order valence-electron chi connectivity index (χ2n) is 5.62. The fourth-order valence-corrected chi connectivity index (χ4v) is 2.18. The van der Waals surface area contributed by atoms with Crippen molar-refractivity contribution in [2.24, 2.45) is 5.92 Å². The third kappa shape index (κ3) is 4.03. The summed E-state index contributed by atoms with van der Waals surface area (Å²) < 4.78 is 2.06. The summed E-state index contributed by atoms with van der Waals surface area (Å²) >= 11 is 0. The first-order valence-electron chi connectivity index (χ1n) is 7.19. The number of hydrogen-bond donors (Lipinski definition) is 1. The number of hydrogen-bond acceptors (Lipinski definition) is 3. The Hall–Kier alpha value is -1.42. The molecule has 1 unspecified atom stereocenters. The molecule has 0 aliphatic rings. The molecule has 1 atom stereocenters. The lowest BCUT2D eigenvalue weighted by atomic mass is 10.0. The standard InChI is InChI=1S/C15H24N4/c1-12(2)7-8-13(3)16-10-9-15-18-17-14-6-4-5-11-19(14)15/h4-6,11-13,16H,7-10H2,1-3H3.